The summed E-state index contributed by atoms with van der Waals surface area (Å²) in [6.45, 7) is 5.09. The lowest BCUT2D eigenvalue weighted by Crippen LogP contribution is -2.39. The van der Waals surface area contributed by atoms with E-state index in [2.05, 4.69) is 20.5 Å². The lowest BCUT2D eigenvalue weighted by Gasteiger charge is -2.26. The highest BCUT2D eigenvalue weighted by atomic mass is 35.5. The van der Waals surface area contributed by atoms with Gasteiger partial charge in [-0.1, -0.05) is 23.2 Å². The number of amides is 1. The van der Waals surface area contributed by atoms with E-state index < -0.39 is 0 Å². The Kier molecular flexibility index (Phi) is 6.68. The number of hydrogen-bond donors (Lipinski definition) is 2. The molecule has 6 nitrogen and oxygen atoms in total. The number of pyridine rings is 1. The minimum atomic E-state index is -0.271. The van der Waals surface area contributed by atoms with Crippen molar-refractivity contribution in [3.8, 4) is 0 Å². The summed E-state index contributed by atoms with van der Waals surface area (Å²) in [5.74, 6) is 0.385. The zero-order valence-corrected chi connectivity index (χ0v) is 15.7. The first-order chi connectivity index (χ1) is 12.6. The van der Waals surface area contributed by atoms with Crippen LogP contribution in [0.15, 0.2) is 36.5 Å². The first-order valence-corrected chi connectivity index (χ1v) is 9.14. The number of carbonyl (C=O) groups excluding carboxylic acids is 1. The fraction of sp³-hybridized carbons (Fsp3) is 0.333. The molecule has 1 aromatic heterocycles. The quantitative estimate of drug-likeness (QED) is 0.785. The summed E-state index contributed by atoms with van der Waals surface area (Å²) in [4.78, 5) is 19.0. The Balaban J connectivity index is 1.57. The third-order valence-corrected chi connectivity index (χ3v) is 4.60. The number of halogens is 2. The number of aromatic nitrogens is 1. The van der Waals surface area contributed by atoms with Gasteiger partial charge in [-0.25, -0.2) is 4.98 Å². The van der Waals surface area contributed by atoms with Gasteiger partial charge in [-0.15, -0.1) is 0 Å². The summed E-state index contributed by atoms with van der Waals surface area (Å²) >= 11 is 12.0. The molecule has 2 aromatic rings. The fourth-order valence-electron chi connectivity index (χ4n) is 2.62. The molecule has 0 radical (unpaired) electrons. The SMILES string of the molecule is O=C(Nc1cc(Cl)ccc1Cl)c1ccnc(NCCN2CCOCC2)c1. The lowest BCUT2D eigenvalue weighted by molar-refractivity contribution is 0.0398. The number of ether oxygens (including phenoxy) is 1. The number of nitrogens with zero attached hydrogens (tertiary/aromatic N) is 2. The number of benzene rings is 1. The molecule has 0 bridgehead atoms. The van der Waals surface area contributed by atoms with Crippen molar-refractivity contribution in [1.29, 1.82) is 0 Å². The second-order valence-electron chi connectivity index (χ2n) is 5.89. The molecule has 1 aliphatic heterocycles. The smallest absolute Gasteiger partial charge is 0.255 e. The third kappa shape index (κ3) is 5.32. The van der Waals surface area contributed by atoms with Crippen molar-refractivity contribution < 1.29 is 9.53 Å². The van der Waals surface area contributed by atoms with E-state index in [4.69, 9.17) is 27.9 Å². The maximum absolute atomic E-state index is 12.5. The molecule has 1 aromatic carbocycles. The summed E-state index contributed by atoms with van der Waals surface area (Å²) in [6.07, 6.45) is 1.60. The Morgan fingerprint density at radius 3 is 2.81 bits per heavy atom. The van der Waals surface area contributed by atoms with E-state index >= 15 is 0 Å². The first kappa shape index (κ1) is 18.9. The molecule has 2 heterocycles. The Labute approximate surface area is 162 Å². The van der Waals surface area contributed by atoms with E-state index in [1.165, 1.54) is 0 Å². The predicted octanol–water partition coefficient (Wildman–Crippen LogP) is 3.38. The largest absolute Gasteiger partial charge is 0.379 e. The average molecular weight is 395 g/mol. The lowest BCUT2D eigenvalue weighted by atomic mass is 10.2. The van der Waals surface area contributed by atoms with Crippen LogP contribution in [0.3, 0.4) is 0 Å². The molecular formula is C18H20Cl2N4O2. The fourth-order valence-corrected chi connectivity index (χ4v) is 2.96. The van der Waals surface area contributed by atoms with E-state index in [0.29, 0.717) is 27.1 Å². The van der Waals surface area contributed by atoms with Crippen LogP contribution in [0.1, 0.15) is 10.4 Å². The molecule has 0 unspecified atom stereocenters. The monoisotopic (exact) mass is 394 g/mol. The van der Waals surface area contributed by atoms with E-state index in [1.807, 2.05) is 0 Å². The van der Waals surface area contributed by atoms with Crippen LogP contribution in [0.25, 0.3) is 0 Å². The Morgan fingerprint density at radius 1 is 1.19 bits per heavy atom. The van der Waals surface area contributed by atoms with Gasteiger partial charge in [-0.05, 0) is 30.3 Å². The summed E-state index contributed by atoms with van der Waals surface area (Å²) < 4.78 is 5.33. The topological polar surface area (TPSA) is 66.5 Å². The number of carbonyl (C=O) groups is 1. The average Bonchev–Trinajstić information content (AvgIpc) is 2.66. The molecule has 8 heteroatoms. The third-order valence-electron chi connectivity index (χ3n) is 4.04. The molecule has 138 valence electrons. The predicted molar refractivity (Wildman–Crippen MR) is 104 cm³/mol. The van der Waals surface area contributed by atoms with E-state index in [0.717, 1.165) is 39.4 Å². The summed E-state index contributed by atoms with van der Waals surface area (Å²) in [6, 6.07) is 8.30. The number of hydrogen-bond acceptors (Lipinski definition) is 5. The molecule has 1 aliphatic rings. The van der Waals surface area contributed by atoms with Gasteiger partial charge in [0.15, 0.2) is 0 Å². The van der Waals surface area contributed by atoms with Crippen molar-refractivity contribution in [1.82, 2.24) is 9.88 Å². The maximum Gasteiger partial charge on any atom is 0.255 e. The van der Waals surface area contributed by atoms with Gasteiger partial charge in [-0.3, -0.25) is 9.69 Å². The van der Waals surface area contributed by atoms with Crippen LogP contribution in [0.5, 0.6) is 0 Å². The molecule has 0 saturated carbocycles. The minimum Gasteiger partial charge on any atom is -0.379 e. The molecule has 1 saturated heterocycles. The van der Waals surface area contributed by atoms with Crippen molar-refractivity contribution in [2.75, 3.05) is 50.0 Å². The van der Waals surface area contributed by atoms with Crippen molar-refractivity contribution in [3.63, 3.8) is 0 Å². The van der Waals surface area contributed by atoms with E-state index in [9.17, 15) is 4.79 Å². The van der Waals surface area contributed by atoms with Gasteiger partial charge in [0.1, 0.15) is 5.82 Å². The Bertz CT molecular complexity index is 767. The van der Waals surface area contributed by atoms with Crippen LogP contribution < -0.4 is 10.6 Å². The van der Waals surface area contributed by atoms with Gasteiger partial charge < -0.3 is 15.4 Å². The highest BCUT2D eigenvalue weighted by Crippen LogP contribution is 2.26. The minimum absolute atomic E-state index is 0.271. The molecule has 3 rings (SSSR count). The molecule has 1 amide bonds. The number of nitrogens with one attached hydrogen (secondary N) is 2. The van der Waals surface area contributed by atoms with Crippen molar-refractivity contribution in [3.05, 3.63) is 52.1 Å². The molecule has 0 spiro atoms. The van der Waals surface area contributed by atoms with Gasteiger partial charge in [0.25, 0.3) is 5.91 Å². The van der Waals surface area contributed by atoms with E-state index in [1.54, 1.807) is 36.5 Å². The molecule has 2 N–H and O–H groups in total. The number of morpholine rings is 1. The van der Waals surface area contributed by atoms with Crippen LogP contribution in [-0.2, 0) is 4.74 Å². The summed E-state index contributed by atoms with van der Waals surface area (Å²) in [5.41, 5.74) is 0.965. The number of anilines is 2. The zero-order chi connectivity index (χ0) is 18.4. The Hall–Kier alpha value is -1.86. The number of rotatable bonds is 6. The molecule has 26 heavy (non-hydrogen) atoms. The van der Waals surface area contributed by atoms with Gasteiger partial charge in [0.2, 0.25) is 0 Å². The van der Waals surface area contributed by atoms with Crippen LogP contribution >= 0.6 is 23.2 Å². The maximum atomic E-state index is 12.5. The van der Waals surface area contributed by atoms with Gasteiger partial charge in [0.05, 0.1) is 23.9 Å². The van der Waals surface area contributed by atoms with Crippen LogP contribution in [0.2, 0.25) is 10.0 Å². The molecule has 1 fully saturated rings. The molecular weight excluding hydrogens is 375 g/mol. The Morgan fingerprint density at radius 2 is 2.00 bits per heavy atom. The van der Waals surface area contributed by atoms with Crippen LogP contribution in [0, 0.1) is 0 Å². The van der Waals surface area contributed by atoms with E-state index in [-0.39, 0.29) is 5.91 Å². The standard InChI is InChI=1S/C18H20Cl2N4O2/c19-14-1-2-15(20)16(12-14)23-18(25)13-3-4-21-17(11-13)22-5-6-24-7-9-26-10-8-24/h1-4,11-12H,5-10H2,(H,21,22)(H,23,25). The van der Waals surface area contributed by atoms with Gasteiger partial charge >= 0.3 is 0 Å². The molecule has 0 aliphatic carbocycles. The van der Waals surface area contributed by atoms with Crippen LogP contribution in [0.4, 0.5) is 11.5 Å². The second-order valence-corrected chi connectivity index (χ2v) is 6.73. The van der Waals surface area contributed by atoms with Gasteiger partial charge in [-0.2, -0.15) is 0 Å². The normalized spacial score (nSPS) is 14.8. The summed E-state index contributed by atoms with van der Waals surface area (Å²) in [7, 11) is 0. The highest BCUT2D eigenvalue weighted by molar-refractivity contribution is 6.35. The molecule has 0 atom stereocenters. The van der Waals surface area contributed by atoms with Gasteiger partial charge in [0, 0.05) is 43.0 Å². The van der Waals surface area contributed by atoms with Crippen molar-refractivity contribution in [2.45, 2.75) is 0 Å². The van der Waals surface area contributed by atoms with Crippen LogP contribution in [-0.4, -0.2) is 55.2 Å². The first-order valence-electron chi connectivity index (χ1n) is 8.38. The zero-order valence-electron chi connectivity index (χ0n) is 14.2. The summed E-state index contributed by atoms with van der Waals surface area (Å²) in [5, 5.41) is 6.96. The highest BCUT2D eigenvalue weighted by Gasteiger charge is 2.12. The van der Waals surface area contributed by atoms with Crippen molar-refractivity contribution >= 4 is 40.6 Å². The van der Waals surface area contributed by atoms with Crippen molar-refractivity contribution in [2.24, 2.45) is 0 Å². The second kappa shape index (κ2) is 9.19.